The zero-order chi connectivity index (χ0) is 14.0. The van der Waals surface area contributed by atoms with Crippen molar-refractivity contribution >= 4 is 11.6 Å². The summed E-state index contributed by atoms with van der Waals surface area (Å²) in [5.74, 6) is 0.844. The van der Waals surface area contributed by atoms with Crippen molar-refractivity contribution in [2.24, 2.45) is 0 Å². The van der Waals surface area contributed by atoms with Crippen molar-refractivity contribution in [2.75, 3.05) is 19.0 Å². The second-order valence-electron chi connectivity index (χ2n) is 5.68. The van der Waals surface area contributed by atoms with Crippen LogP contribution >= 0.6 is 11.6 Å². The maximum atomic E-state index is 5.60. The molecule has 0 aromatic rings. The van der Waals surface area contributed by atoms with E-state index in [1.807, 2.05) is 0 Å². The molecule has 0 amide bonds. The normalized spacial score (nSPS) is 14.8. The molecule has 0 aliphatic carbocycles. The van der Waals surface area contributed by atoms with Crippen molar-refractivity contribution in [3.63, 3.8) is 0 Å². The highest BCUT2D eigenvalue weighted by molar-refractivity contribution is 6.17. The number of piperidine rings is 1. The molecule has 1 N–H and O–H groups in total. The summed E-state index contributed by atoms with van der Waals surface area (Å²) in [4.78, 5) is 0. The fraction of sp³-hybridized carbons (Fsp3) is 1.00. The van der Waals surface area contributed by atoms with Crippen LogP contribution in [0, 0.1) is 0 Å². The quantitative estimate of drug-likeness (QED) is 0.390. The Morgan fingerprint density at radius 3 is 1.47 bits per heavy atom. The van der Waals surface area contributed by atoms with Gasteiger partial charge in [-0.1, -0.05) is 71.1 Å². The predicted molar refractivity (Wildman–Crippen MR) is 89.3 cm³/mol. The molecule has 1 nitrogen and oxygen atoms in total. The third-order valence-electron chi connectivity index (χ3n) is 3.69. The minimum Gasteiger partial charge on any atom is -0.317 e. The molecule has 0 aromatic carbocycles. The molecule has 0 unspecified atom stereocenters. The third-order valence-corrected chi connectivity index (χ3v) is 3.96. The van der Waals surface area contributed by atoms with E-state index >= 15 is 0 Å². The van der Waals surface area contributed by atoms with E-state index in [-0.39, 0.29) is 0 Å². The highest BCUT2D eigenvalue weighted by Gasteiger charge is 1.93. The number of hydrogen-bond acceptors (Lipinski definition) is 1. The van der Waals surface area contributed by atoms with E-state index in [0.29, 0.717) is 0 Å². The molecule has 1 rings (SSSR count). The van der Waals surface area contributed by atoms with E-state index in [9.17, 15) is 0 Å². The molecule has 0 radical (unpaired) electrons. The van der Waals surface area contributed by atoms with E-state index in [2.05, 4.69) is 12.2 Å². The summed E-state index contributed by atoms with van der Waals surface area (Å²) in [6, 6.07) is 0. The minimum atomic E-state index is 0.844. The fourth-order valence-corrected chi connectivity index (χ4v) is 2.57. The number of hydrogen-bond donors (Lipinski definition) is 1. The van der Waals surface area contributed by atoms with Crippen LogP contribution in [-0.2, 0) is 0 Å². The SMILES string of the molecule is C1CCNCC1.CCCCCCCCCCCCCl. The molecule has 0 spiro atoms. The van der Waals surface area contributed by atoms with Gasteiger partial charge < -0.3 is 5.32 Å². The van der Waals surface area contributed by atoms with Gasteiger partial charge in [-0.3, -0.25) is 0 Å². The van der Waals surface area contributed by atoms with Gasteiger partial charge in [-0.15, -0.1) is 11.6 Å². The van der Waals surface area contributed by atoms with E-state index in [1.54, 1.807) is 0 Å². The Morgan fingerprint density at radius 2 is 1.16 bits per heavy atom. The van der Waals surface area contributed by atoms with Crippen LogP contribution in [0.3, 0.4) is 0 Å². The minimum absolute atomic E-state index is 0.844. The summed E-state index contributed by atoms with van der Waals surface area (Å²) in [5.41, 5.74) is 0. The van der Waals surface area contributed by atoms with Crippen molar-refractivity contribution in [3.8, 4) is 0 Å². The van der Waals surface area contributed by atoms with Crippen LogP contribution in [-0.4, -0.2) is 19.0 Å². The second-order valence-corrected chi connectivity index (χ2v) is 6.06. The lowest BCUT2D eigenvalue weighted by Crippen LogP contribution is -2.21. The topological polar surface area (TPSA) is 12.0 Å². The molecule has 0 atom stereocenters. The number of unbranched alkanes of at least 4 members (excludes halogenated alkanes) is 9. The maximum absolute atomic E-state index is 5.60. The first-order valence-electron chi connectivity index (χ1n) is 8.68. The summed E-state index contributed by atoms with van der Waals surface area (Å²) in [5, 5.41) is 3.28. The standard InChI is InChI=1S/C12H25Cl.C5H11N/c1-2-3-4-5-6-7-8-9-10-11-12-13;1-2-4-6-5-3-1/h2-12H2,1H3;6H,1-5H2. The maximum Gasteiger partial charge on any atom is 0.0223 e. The first-order valence-corrected chi connectivity index (χ1v) is 9.22. The van der Waals surface area contributed by atoms with Crippen molar-refractivity contribution < 1.29 is 0 Å². The number of nitrogens with one attached hydrogen (secondary N) is 1. The smallest absolute Gasteiger partial charge is 0.0223 e. The van der Waals surface area contributed by atoms with Gasteiger partial charge in [-0.2, -0.15) is 0 Å². The average Bonchev–Trinajstić information content (AvgIpc) is 2.48. The highest BCUT2D eigenvalue weighted by atomic mass is 35.5. The molecule has 0 aromatic heterocycles. The van der Waals surface area contributed by atoms with Gasteiger partial charge in [0.15, 0.2) is 0 Å². The molecule has 0 bridgehead atoms. The van der Waals surface area contributed by atoms with Gasteiger partial charge in [-0.05, 0) is 32.4 Å². The number of halogens is 1. The number of rotatable bonds is 10. The largest absolute Gasteiger partial charge is 0.317 e. The van der Waals surface area contributed by atoms with Gasteiger partial charge in [-0.25, -0.2) is 0 Å². The highest BCUT2D eigenvalue weighted by Crippen LogP contribution is 2.10. The van der Waals surface area contributed by atoms with Gasteiger partial charge >= 0.3 is 0 Å². The molecule has 19 heavy (non-hydrogen) atoms. The van der Waals surface area contributed by atoms with E-state index in [4.69, 9.17) is 11.6 Å². The van der Waals surface area contributed by atoms with Crippen LogP contribution in [0.1, 0.15) is 90.4 Å². The third kappa shape index (κ3) is 18.2. The molecule has 0 saturated carbocycles. The molecule has 1 aliphatic rings. The Balaban J connectivity index is 0.000000443. The van der Waals surface area contributed by atoms with Gasteiger partial charge in [0, 0.05) is 5.88 Å². The summed E-state index contributed by atoms with van der Waals surface area (Å²) >= 11 is 5.60. The average molecular weight is 290 g/mol. The monoisotopic (exact) mass is 289 g/mol. The Labute approximate surface area is 126 Å². The van der Waals surface area contributed by atoms with E-state index in [0.717, 1.165) is 5.88 Å². The first kappa shape index (κ1) is 19.2. The molecule has 116 valence electrons. The lowest BCUT2D eigenvalue weighted by atomic mass is 10.1. The van der Waals surface area contributed by atoms with Crippen LogP contribution in [0.15, 0.2) is 0 Å². The Hall–Kier alpha value is 0.250. The summed E-state index contributed by atoms with van der Waals surface area (Å²) < 4.78 is 0. The van der Waals surface area contributed by atoms with Crippen LogP contribution in [0.2, 0.25) is 0 Å². The summed E-state index contributed by atoms with van der Waals surface area (Å²) in [7, 11) is 0. The van der Waals surface area contributed by atoms with Gasteiger partial charge in [0.25, 0.3) is 0 Å². The van der Waals surface area contributed by atoms with E-state index in [1.165, 1.54) is 96.6 Å². The molecule has 1 saturated heterocycles. The summed E-state index contributed by atoms with van der Waals surface area (Å²) in [6.07, 6.45) is 18.1. The van der Waals surface area contributed by atoms with Crippen LogP contribution in [0.4, 0.5) is 0 Å². The lowest BCUT2D eigenvalue weighted by molar-refractivity contribution is 0.520. The fourth-order valence-electron chi connectivity index (χ4n) is 2.38. The molecular weight excluding hydrogens is 254 g/mol. The van der Waals surface area contributed by atoms with Crippen molar-refractivity contribution in [3.05, 3.63) is 0 Å². The molecule has 1 heterocycles. The Kier molecular flexibility index (Phi) is 18.5. The van der Waals surface area contributed by atoms with Crippen LogP contribution < -0.4 is 5.32 Å². The van der Waals surface area contributed by atoms with Crippen molar-refractivity contribution in [1.29, 1.82) is 0 Å². The van der Waals surface area contributed by atoms with Gasteiger partial charge in [0.05, 0.1) is 0 Å². The predicted octanol–water partition coefficient (Wildman–Crippen LogP) is 5.91. The number of alkyl halides is 1. The Bertz CT molecular complexity index is 125. The van der Waals surface area contributed by atoms with Crippen LogP contribution in [0.25, 0.3) is 0 Å². The second kappa shape index (κ2) is 18.2. The summed E-state index contributed by atoms with van der Waals surface area (Å²) in [6.45, 7) is 4.77. The van der Waals surface area contributed by atoms with Crippen molar-refractivity contribution in [2.45, 2.75) is 90.4 Å². The molecular formula is C17H36ClN. The zero-order valence-electron chi connectivity index (χ0n) is 13.2. The molecule has 2 heteroatoms. The lowest BCUT2D eigenvalue weighted by Gasteiger charge is -2.08. The van der Waals surface area contributed by atoms with Gasteiger partial charge in [0.2, 0.25) is 0 Å². The molecule has 1 fully saturated rings. The Morgan fingerprint density at radius 1 is 0.684 bits per heavy atom. The molecule has 1 aliphatic heterocycles. The first-order chi connectivity index (χ1) is 9.41. The van der Waals surface area contributed by atoms with Gasteiger partial charge in [0.1, 0.15) is 0 Å². The van der Waals surface area contributed by atoms with Crippen LogP contribution in [0.5, 0.6) is 0 Å². The van der Waals surface area contributed by atoms with Crippen molar-refractivity contribution in [1.82, 2.24) is 5.32 Å². The van der Waals surface area contributed by atoms with E-state index < -0.39 is 0 Å². The zero-order valence-corrected chi connectivity index (χ0v) is 13.9.